The molecule has 0 spiro atoms. The maximum atomic E-state index is 11.7. The van der Waals surface area contributed by atoms with Crippen LogP contribution >= 0.6 is 0 Å². The van der Waals surface area contributed by atoms with Gasteiger partial charge in [-0.15, -0.1) is 0 Å². The third kappa shape index (κ3) is 6.35. The number of sulfone groups is 1. The number of hydrogen-bond acceptors (Lipinski definition) is 4. The maximum Gasteiger partial charge on any atom is 0.235 e. The van der Waals surface area contributed by atoms with Gasteiger partial charge in [0.1, 0.15) is 5.75 Å². The average molecular weight is 276 g/mol. The summed E-state index contributed by atoms with van der Waals surface area (Å²) >= 11 is 0. The van der Waals surface area contributed by atoms with Crippen LogP contribution in [0.25, 0.3) is 0 Å². The Kier molecular flexibility index (Phi) is 6.63. The van der Waals surface area contributed by atoms with E-state index in [1.165, 1.54) is 0 Å². The summed E-state index contributed by atoms with van der Waals surface area (Å²) < 4.78 is 23.4. The zero-order valence-electron chi connectivity index (χ0n) is 11.1. The molecule has 1 rings (SSSR count). The minimum Gasteiger partial charge on any atom is -0.351 e. The van der Waals surface area contributed by atoms with Gasteiger partial charge in [0, 0.05) is 12.6 Å². The van der Waals surface area contributed by atoms with Crippen molar-refractivity contribution in [2.75, 3.05) is 24.6 Å². The molecule has 6 heteroatoms. The number of nitrogens with one attached hydrogen (secondary N) is 2. The third-order valence-corrected chi connectivity index (χ3v) is 4.68. The first-order valence-corrected chi connectivity index (χ1v) is 8.56. The lowest BCUT2D eigenvalue weighted by molar-refractivity contribution is -0.119. The quantitative estimate of drug-likeness (QED) is 0.662. The number of unbranched alkanes of at least 4 members (excludes halogenated alkanes) is 2. The predicted octanol–water partition coefficient (Wildman–Crippen LogP) is 0.460. The van der Waals surface area contributed by atoms with Crippen molar-refractivity contribution < 1.29 is 13.2 Å². The minimum atomic E-state index is -3.24. The lowest BCUT2D eigenvalue weighted by Crippen LogP contribution is -2.47. The fraction of sp³-hybridized carbons (Fsp3) is 0.917. The molecule has 1 atom stereocenters. The lowest BCUT2D eigenvalue weighted by Gasteiger charge is -2.23. The highest BCUT2D eigenvalue weighted by Gasteiger charge is 2.20. The molecule has 106 valence electrons. The SMILES string of the molecule is CCCCCS(=O)(=O)CC(=O)NC1CCCNC1. The number of carbonyl (C=O) groups excluding carboxylic acids is 1. The fourth-order valence-electron chi connectivity index (χ4n) is 2.09. The van der Waals surface area contributed by atoms with Gasteiger partial charge in [0.15, 0.2) is 9.84 Å². The zero-order chi connectivity index (χ0) is 13.4. The molecule has 1 saturated heterocycles. The Bertz CT molecular complexity index is 348. The minimum absolute atomic E-state index is 0.0806. The molecule has 0 saturated carbocycles. The molecule has 0 aromatic carbocycles. The van der Waals surface area contributed by atoms with Crippen molar-refractivity contribution in [1.82, 2.24) is 10.6 Å². The molecule has 1 aliphatic heterocycles. The third-order valence-electron chi connectivity index (χ3n) is 3.07. The number of hydrogen-bond donors (Lipinski definition) is 2. The first-order chi connectivity index (χ1) is 8.53. The summed E-state index contributed by atoms with van der Waals surface area (Å²) in [6.45, 7) is 3.73. The molecule has 2 N–H and O–H groups in total. The van der Waals surface area contributed by atoms with Gasteiger partial charge >= 0.3 is 0 Å². The van der Waals surface area contributed by atoms with E-state index >= 15 is 0 Å². The predicted molar refractivity (Wildman–Crippen MR) is 72.2 cm³/mol. The molecular weight excluding hydrogens is 252 g/mol. The van der Waals surface area contributed by atoms with Crippen LogP contribution in [0.2, 0.25) is 0 Å². The van der Waals surface area contributed by atoms with E-state index in [9.17, 15) is 13.2 Å². The highest BCUT2D eigenvalue weighted by Crippen LogP contribution is 2.03. The van der Waals surface area contributed by atoms with E-state index in [1.54, 1.807) is 0 Å². The smallest absolute Gasteiger partial charge is 0.235 e. The molecule has 1 heterocycles. The molecule has 1 unspecified atom stereocenters. The van der Waals surface area contributed by atoms with Gasteiger partial charge in [-0.05, 0) is 25.8 Å². The lowest BCUT2D eigenvalue weighted by atomic mass is 10.1. The van der Waals surface area contributed by atoms with Crippen LogP contribution in [0.15, 0.2) is 0 Å². The second-order valence-corrected chi connectivity index (χ2v) is 7.09. The molecule has 1 fully saturated rings. The first kappa shape index (κ1) is 15.4. The number of rotatable bonds is 7. The van der Waals surface area contributed by atoms with Crippen molar-refractivity contribution >= 4 is 15.7 Å². The van der Waals surface area contributed by atoms with Crippen LogP contribution in [0.3, 0.4) is 0 Å². The monoisotopic (exact) mass is 276 g/mol. The van der Waals surface area contributed by atoms with Crippen molar-refractivity contribution in [1.29, 1.82) is 0 Å². The van der Waals surface area contributed by atoms with E-state index in [0.717, 1.165) is 38.8 Å². The van der Waals surface area contributed by atoms with Gasteiger partial charge in [-0.25, -0.2) is 8.42 Å². The summed E-state index contributed by atoms with van der Waals surface area (Å²) in [5.41, 5.74) is 0. The Balaban J connectivity index is 2.29. The van der Waals surface area contributed by atoms with Crippen LogP contribution < -0.4 is 10.6 Å². The Morgan fingerprint density at radius 3 is 2.78 bits per heavy atom. The number of piperidine rings is 1. The van der Waals surface area contributed by atoms with E-state index in [-0.39, 0.29) is 23.5 Å². The molecule has 0 aliphatic carbocycles. The van der Waals surface area contributed by atoms with Gasteiger partial charge in [-0.1, -0.05) is 19.8 Å². The number of carbonyl (C=O) groups is 1. The Morgan fingerprint density at radius 1 is 1.39 bits per heavy atom. The van der Waals surface area contributed by atoms with Crippen molar-refractivity contribution in [2.24, 2.45) is 0 Å². The normalized spacial score (nSPS) is 20.6. The van der Waals surface area contributed by atoms with Crippen LogP contribution in [-0.2, 0) is 14.6 Å². The van der Waals surface area contributed by atoms with Gasteiger partial charge in [0.05, 0.1) is 5.75 Å². The Hall–Kier alpha value is -0.620. The van der Waals surface area contributed by atoms with E-state index in [0.29, 0.717) is 6.42 Å². The molecule has 1 aliphatic rings. The molecule has 0 bridgehead atoms. The molecule has 0 aromatic rings. The van der Waals surface area contributed by atoms with Crippen molar-refractivity contribution in [3.8, 4) is 0 Å². The Morgan fingerprint density at radius 2 is 2.17 bits per heavy atom. The van der Waals surface area contributed by atoms with Crippen molar-refractivity contribution in [2.45, 2.75) is 45.1 Å². The molecular formula is C12H24N2O3S. The summed E-state index contributed by atoms with van der Waals surface area (Å²) in [5.74, 6) is -0.607. The van der Waals surface area contributed by atoms with Gasteiger partial charge < -0.3 is 10.6 Å². The van der Waals surface area contributed by atoms with E-state index in [2.05, 4.69) is 10.6 Å². The van der Waals surface area contributed by atoms with Crippen LogP contribution in [0, 0.1) is 0 Å². The topological polar surface area (TPSA) is 75.3 Å². The van der Waals surface area contributed by atoms with Crippen molar-refractivity contribution in [3.05, 3.63) is 0 Å². The maximum absolute atomic E-state index is 11.7. The van der Waals surface area contributed by atoms with Crippen LogP contribution in [0.1, 0.15) is 39.0 Å². The number of amides is 1. The average Bonchev–Trinajstić information content (AvgIpc) is 2.29. The highest BCUT2D eigenvalue weighted by atomic mass is 32.2. The van der Waals surface area contributed by atoms with Gasteiger partial charge in [-0.3, -0.25) is 4.79 Å². The molecule has 0 aromatic heterocycles. The summed E-state index contributed by atoms with van der Waals surface area (Å²) in [7, 11) is -3.24. The molecule has 18 heavy (non-hydrogen) atoms. The molecule has 5 nitrogen and oxygen atoms in total. The highest BCUT2D eigenvalue weighted by molar-refractivity contribution is 7.92. The van der Waals surface area contributed by atoms with Gasteiger partial charge in [0.25, 0.3) is 0 Å². The fourth-order valence-corrected chi connectivity index (χ4v) is 3.36. The van der Waals surface area contributed by atoms with E-state index in [1.807, 2.05) is 6.92 Å². The van der Waals surface area contributed by atoms with Crippen molar-refractivity contribution in [3.63, 3.8) is 0 Å². The molecule has 0 radical (unpaired) electrons. The Labute approximate surface area is 110 Å². The molecule has 1 amide bonds. The van der Waals surface area contributed by atoms with E-state index < -0.39 is 9.84 Å². The standard InChI is InChI=1S/C12H24N2O3S/c1-2-3-4-8-18(16,17)10-12(15)14-11-6-5-7-13-9-11/h11,13H,2-10H2,1H3,(H,14,15). The van der Waals surface area contributed by atoms with E-state index in [4.69, 9.17) is 0 Å². The van der Waals surface area contributed by atoms with Crippen LogP contribution in [0.5, 0.6) is 0 Å². The summed E-state index contributed by atoms with van der Waals surface area (Å²) in [5, 5.41) is 5.97. The van der Waals surface area contributed by atoms with Gasteiger partial charge in [0.2, 0.25) is 5.91 Å². The first-order valence-electron chi connectivity index (χ1n) is 6.74. The van der Waals surface area contributed by atoms with Crippen LogP contribution in [-0.4, -0.2) is 45.0 Å². The second kappa shape index (κ2) is 7.74. The second-order valence-electron chi connectivity index (χ2n) is 4.91. The van der Waals surface area contributed by atoms with Gasteiger partial charge in [-0.2, -0.15) is 0 Å². The van der Waals surface area contributed by atoms with Crippen LogP contribution in [0.4, 0.5) is 0 Å². The largest absolute Gasteiger partial charge is 0.351 e. The zero-order valence-corrected chi connectivity index (χ0v) is 11.9. The summed E-state index contributed by atoms with van der Waals surface area (Å²) in [6, 6.07) is 0.0806. The summed E-state index contributed by atoms with van der Waals surface area (Å²) in [6.07, 6.45) is 4.47. The summed E-state index contributed by atoms with van der Waals surface area (Å²) in [4.78, 5) is 11.6.